The zero-order valence-electron chi connectivity index (χ0n) is 9.62. The number of hydrogen-bond donors (Lipinski definition) is 0. The Bertz CT molecular complexity index is 649. The molecule has 2 nitrogen and oxygen atoms in total. The molecule has 6 heteroatoms. The summed E-state index contributed by atoms with van der Waals surface area (Å²) in [6, 6.07) is 8.79. The molecule has 0 aliphatic rings. The molecule has 0 spiro atoms. The van der Waals surface area contributed by atoms with Crippen molar-refractivity contribution < 1.29 is 13.2 Å². The maximum absolute atomic E-state index is 12.6. The number of nitrogens with zero attached hydrogens (tertiary/aromatic N) is 1. The zero-order valence-corrected chi connectivity index (χ0v) is 11.2. The van der Waals surface area contributed by atoms with Crippen LogP contribution < -0.4 is 5.56 Å². The summed E-state index contributed by atoms with van der Waals surface area (Å²) in [7, 11) is 0. The van der Waals surface area contributed by atoms with Crippen LogP contribution in [0.3, 0.4) is 0 Å². The van der Waals surface area contributed by atoms with Crippen molar-refractivity contribution in [3.8, 4) is 0 Å². The van der Waals surface area contributed by atoms with E-state index in [4.69, 9.17) is 0 Å². The molecule has 19 heavy (non-hydrogen) atoms. The lowest BCUT2D eigenvalue weighted by molar-refractivity contribution is -0.138. The van der Waals surface area contributed by atoms with Gasteiger partial charge in [-0.15, -0.1) is 0 Å². The SMILES string of the molecule is O=c1ccc(C(F)(F)F)cn1Cc1cccc(Br)c1. The molecule has 0 aliphatic heterocycles. The molecule has 0 aliphatic carbocycles. The van der Waals surface area contributed by atoms with E-state index in [0.717, 1.165) is 32.9 Å². The van der Waals surface area contributed by atoms with E-state index in [1.165, 1.54) is 0 Å². The molecule has 2 aromatic rings. The fraction of sp³-hybridized carbons (Fsp3) is 0.154. The number of rotatable bonds is 2. The van der Waals surface area contributed by atoms with E-state index in [-0.39, 0.29) is 6.54 Å². The molecule has 0 N–H and O–H groups in total. The van der Waals surface area contributed by atoms with E-state index in [2.05, 4.69) is 15.9 Å². The lowest BCUT2D eigenvalue weighted by atomic mass is 10.2. The summed E-state index contributed by atoms with van der Waals surface area (Å²) in [5.74, 6) is 0. The Morgan fingerprint density at radius 1 is 1.16 bits per heavy atom. The van der Waals surface area contributed by atoms with Gasteiger partial charge in [0, 0.05) is 16.7 Å². The number of pyridine rings is 1. The molecule has 0 saturated heterocycles. The molecule has 0 unspecified atom stereocenters. The van der Waals surface area contributed by atoms with Crippen molar-refractivity contribution in [2.75, 3.05) is 0 Å². The van der Waals surface area contributed by atoms with Crippen molar-refractivity contribution in [3.63, 3.8) is 0 Å². The van der Waals surface area contributed by atoms with E-state index in [9.17, 15) is 18.0 Å². The molecule has 0 fully saturated rings. The molecule has 0 atom stereocenters. The van der Waals surface area contributed by atoms with Gasteiger partial charge in [-0.25, -0.2) is 0 Å². The smallest absolute Gasteiger partial charge is 0.311 e. The van der Waals surface area contributed by atoms with Crippen LogP contribution in [0, 0.1) is 0 Å². The second-order valence-electron chi connectivity index (χ2n) is 4.01. The Balaban J connectivity index is 2.37. The zero-order chi connectivity index (χ0) is 14.0. The third-order valence-corrected chi connectivity index (χ3v) is 3.05. The average Bonchev–Trinajstić information content (AvgIpc) is 2.30. The van der Waals surface area contributed by atoms with Crippen LogP contribution in [0.2, 0.25) is 0 Å². The predicted molar refractivity (Wildman–Crippen MR) is 68.9 cm³/mol. The topological polar surface area (TPSA) is 22.0 Å². The Morgan fingerprint density at radius 3 is 2.53 bits per heavy atom. The second-order valence-corrected chi connectivity index (χ2v) is 4.93. The highest BCUT2D eigenvalue weighted by Crippen LogP contribution is 2.28. The molecule has 100 valence electrons. The van der Waals surface area contributed by atoms with E-state index in [1.807, 2.05) is 0 Å². The van der Waals surface area contributed by atoms with Gasteiger partial charge in [0.05, 0.1) is 12.1 Å². The Labute approximate surface area is 115 Å². The van der Waals surface area contributed by atoms with Gasteiger partial charge >= 0.3 is 6.18 Å². The molecular weight excluding hydrogens is 323 g/mol. The van der Waals surface area contributed by atoms with Crippen LogP contribution in [0.1, 0.15) is 11.1 Å². The standard InChI is InChI=1S/C13H9BrF3NO/c14-11-3-1-2-9(6-11)7-18-8-10(13(15,16)17)4-5-12(18)19/h1-6,8H,7H2. The second kappa shape index (κ2) is 5.21. The van der Waals surface area contributed by atoms with Gasteiger partial charge < -0.3 is 4.57 Å². The van der Waals surface area contributed by atoms with Crippen LogP contribution in [0.25, 0.3) is 0 Å². The number of alkyl halides is 3. The van der Waals surface area contributed by atoms with Gasteiger partial charge in [0.25, 0.3) is 5.56 Å². The average molecular weight is 332 g/mol. The van der Waals surface area contributed by atoms with Crippen molar-refractivity contribution in [3.05, 3.63) is 68.5 Å². The van der Waals surface area contributed by atoms with Crippen LogP contribution in [0.15, 0.2) is 51.9 Å². The van der Waals surface area contributed by atoms with Crippen molar-refractivity contribution in [2.24, 2.45) is 0 Å². The molecule has 0 saturated carbocycles. The van der Waals surface area contributed by atoms with E-state index in [0.29, 0.717) is 0 Å². The van der Waals surface area contributed by atoms with Gasteiger partial charge in [0.1, 0.15) is 0 Å². The van der Waals surface area contributed by atoms with Gasteiger partial charge in [0.15, 0.2) is 0 Å². The van der Waals surface area contributed by atoms with Crippen LogP contribution in [0.5, 0.6) is 0 Å². The lowest BCUT2D eigenvalue weighted by Gasteiger charge is -2.10. The third-order valence-electron chi connectivity index (χ3n) is 2.55. The van der Waals surface area contributed by atoms with Crippen molar-refractivity contribution in [1.82, 2.24) is 4.57 Å². The Morgan fingerprint density at radius 2 is 1.89 bits per heavy atom. The molecule has 0 radical (unpaired) electrons. The quantitative estimate of drug-likeness (QED) is 0.822. The first-order chi connectivity index (χ1) is 8.86. The van der Waals surface area contributed by atoms with Crippen molar-refractivity contribution >= 4 is 15.9 Å². The molecule has 0 bridgehead atoms. The maximum Gasteiger partial charge on any atom is 0.417 e. The first-order valence-electron chi connectivity index (χ1n) is 5.38. The number of benzene rings is 1. The van der Waals surface area contributed by atoms with E-state index in [1.54, 1.807) is 24.3 Å². The summed E-state index contributed by atoms with van der Waals surface area (Å²) < 4.78 is 39.6. The molecule has 1 aromatic heterocycles. The van der Waals surface area contributed by atoms with Gasteiger partial charge in [-0.2, -0.15) is 13.2 Å². The minimum Gasteiger partial charge on any atom is -0.311 e. The van der Waals surface area contributed by atoms with Crippen LogP contribution in [-0.2, 0) is 12.7 Å². The first kappa shape index (κ1) is 13.9. The monoisotopic (exact) mass is 331 g/mol. The summed E-state index contributed by atoms with van der Waals surface area (Å²) >= 11 is 3.27. The number of aromatic nitrogens is 1. The van der Waals surface area contributed by atoms with E-state index >= 15 is 0 Å². The van der Waals surface area contributed by atoms with Crippen molar-refractivity contribution in [2.45, 2.75) is 12.7 Å². The minimum atomic E-state index is -4.45. The minimum absolute atomic E-state index is 0.0994. The van der Waals surface area contributed by atoms with Crippen LogP contribution in [0.4, 0.5) is 13.2 Å². The van der Waals surface area contributed by atoms with Crippen LogP contribution >= 0.6 is 15.9 Å². The van der Waals surface area contributed by atoms with Gasteiger partial charge in [0.2, 0.25) is 0 Å². The molecule has 0 amide bonds. The summed E-state index contributed by atoms with van der Waals surface area (Å²) in [6.07, 6.45) is -3.62. The highest BCUT2D eigenvalue weighted by atomic mass is 79.9. The summed E-state index contributed by atoms with van der Waals surface area (Å²) in [5.41, 5.74) is -0.550. The highest BCUT2D eigenvalue weighted by molar-refractivity contribution is 9.10. The Kier molecular flexibility index (Phi) is 3.80. The first-order valence-corrected chi connectivity index (χ1v) is 6.18. The lowest BCUT2D eigenvalue weighted by Crippen LogP contribution is -2.21. The molecular formula is C13H9BrF3NO. The van der Waals surface area contributed by atoms with Gasteiger partial charge in [-0.05, 0) is 23.8 Å². The Hall–Kier alpha value is -1.56. The molecule has 1 aromatic carbocycles. The third kappa shape index (κ3) is 3.47. The number of halogens is 4. The number of hydrogen-bond acceptors (Lipinski definition) is 1. The summed E-state index contributed by atoms with van der Waals surface area (Å²) in [6.45, 7) is 0.0994. The fourth-order valence-electron chi connectivity index (χ4n) is 1.65. The molecule has 1 heterocycles. The summed E-state index contributed by atoms with van der Waals surface area (Å²) in [4.78, 5) is 11.6. The highest BCUT2D eigenvalue weighted by Gasteiger charge is 2.30. The maximum atomic E-state index is 12.6. The fourth-order valence-corrected chi connectivity index (χ4v) is 2.10. The normalized spacial score (nSPS) is 11.6. The largest absolute Gasteiger partial charge is 0.417 e. The predicted octanol–water partition coefficient (Wildman–Crippen LogP) is 3.68. The van der Waals surface area contributed by atoms with Gasteiger partial charge in [-0.1, -0.05) is 28.1 Å². The van der Waals surface area contributed by atoms with E-state index < -0.39 is 17.3 Å². The van der Waals surface area contributed by atoms with Crippen molar-refractivity contribution in [1.29, 1.82) is 0 Å². The van der Waals surface area contributed by atoms with Crippen LogP contribution in [-0.4, -0.2) is 4.57 Å². The summed E-state index contributed by atoms with van der Waals surface area (Å²) in [5, 5.41) is 0. The van der Waals surface area contributed by atoms with Gasteiger partial charge in [-0.3, -0.25) is 4.79 Å². The molecule has 2 rings (SSSR count).